The maximum atomic E-state index is 11.6. The molecule has 1 aliphatic heterocycles. The first-order valence-corrected chi connectivity index (χ1v) is 5.16. The molecule has 2 N–H and O–H groups in total. The molecule has 1 aromatic rings. The number of hydrogen-bond donors (Lipinski definition) is 1. The lowest BCUT2D eigenvalue weighted by atomic mass is 10.0. The maximum Gasteiger partial charge on any atom is 0.247 e. The third-order valence-corrected chi connectivity index (χ3v) is 2.58. The number of amides is 1. The molecular weight excluding hydrogens is 200 g/mol. The number of rotatable bonds is 1. The summed E-state index contributed by atoms with van der Waals surface area (Å²) < 4.78 is 0. The maximum absolute atomic E-state index is 11.6. The predicted octanol–water partition coefficient (Wildman–Crippen LogP) is 1.38. The smallest absolute Gasteiger partial charge is 0.247 e. The monoisotopic (exact) mass is 214 g/mol. The van der Waals surface area contributed by atoms with Gasteiger partial charge in [-0.2, -0.15) is 0 Å². The second-order valence-electron chi connectivity index (χ2n) is 3.78. The summed E-state index contributed by atoms with van der Waals surface area (Å²) >= 11 is 0. The van der Waals surface area contributed by atoms with Gasteiger partial charge >= 0.3 is 0 Å². The Labute approximate surface area is 94.9 Å². The fraction of sp³-hybridized carbons (Fsp3) is 0.154. The number of benzene rings is 1. The van der Waals surface area contributed by atoms with Gasteiger partial charge in [-0.25, -0.2) is 0 Å². The number of carbonyl (C=O) groups is 1. The van der Waals surface area contributed by atoms with E-state index in [1.807, 2.05) is 36.4 Å². The van der Waals surface area contributed by atoms with Crippen LogP contribution in [0.5, 0.6) is 0 Å². The molecule has 0 saturated carbocycles. The van der Waals surface area contributed by atoms with Crippen molar-refractivity contribution >= 4 is 11.5 Å². The van der Waals surface area contributed by atoms with Crippen LogP contribution in [0.25, 0.3) is 5.57 Å². The Hall–Kier alpha value is -1.87. The first kappa shape index (κ1) is 10.6. The number of nitrogens with zero attached hydrogens (tertiary/aromatic N) is 1. The van der Waals surface area contributed by atoms with Crippen molar-refractivity contribution in [3.63, 3.8) is 0 Å². The van der Waals surface area contributed by atoms with E-state index in [4.69, 9.17) is 5.73 Å². The SMILES string of the molecule is CN1C=CC(c2ccccc2)=C[C@H](N)C1=O. The Kier molecular flexibility index (Phi) is 2.88. The van der Waals surface area contributed by atoms with Crippen molar-refractivity contribution in [3.8, 4) is 0 Å². The van der Waals surface area contributed by atoms with Gasteiger partial charge in [0.15, 0.2) is 0 Å². The molecule has 1 amide bonds. The fourth-order valence-corrected chi connectivity index (χ4v) is 1.64. The Morgan fingerprint density at radius 1 is 1.25 bits per heavy atom. The lowest BCUT2D eigenvalue weighted by molar-refractivity contribution is -0.127. The highest BCUT2D eigenvalue weighted by Gasteiger charge is 2.17. The summed E-state index contributed by atoms with van der Waals surface area (Å²) in [4.78, 5) is 13.1. The van der Waals surface area contributed by atoms with Crippen LogP contribution in [0.1, 0.15) is 5.56 Å². The first-order chi connectivity index (χ1) is 7.68. The molecule has 0 radical (unpaired) electrons. The zero-order valence-corrected chi connectivity index (χ0v) is 9.13. The van der Waals surface area contributed by atoms with Gasteiger partial charge in [-0.15, -0.1) is 0 Å². The highest BCUT2D eigenvalue weighted by Crippen LogP contribution is 2.18. The van der Waals surface area contributed by atoms with Gasteiger partial charge in [0, 0.05) is 13.2 Å². The highest BCUT2D eigenvalue weighted by molar-refractivity contribution is 5.90. The van der Waals surface area contributed by atoms with Crippen LogP contribution in [0.2, 0.25) is 0 Å². The van der Waals surface area contributed by atoms with Crippen molar-refractivity contribution in [2.45, 2.75) is 6.04 Å². The standard InChI is InChI=1S/C13H14N2O/c1-15-8-7-11(9-12(14)13(15)16)10-5-3-2-4-6-10/h2-9,12H,14H2,1H3/t12-/m0/s1. The van der Waals surface area contributed by atoms with Crippen molar-refractivity contribution in [3.05, 3.63) is 54.2 Å². The van der Waals surface area contributed by atoms with Gasteiger partial charge in [-0.05, 0) is 17.2 Å². The van der Waals surface area contributed by atoms with Gasteiger partial charge in [-0.3, -0.25) is 4.79 Å². The second kappa shape index (κ2) is 4.33. The molecule has 16 heavy (non-hydrogen) atoms. The van der Waals surface area contributed by atoms with Gasteiger partial charge in [0.25, 0.3) is 0 Å². The van der Waals surface area contributed by atoms with Crippen LogP contribution in [0.4, 0.5) is 0 Å². The van der Waals surface area contributed by atoms with E-state index in [1.54, 1.807) is 19.3 Å². The van der Waals surface area contributed by atoms with E-state index >= 15 is 0 Å². The molecule has 2 rings (SSSR count). The largest absolute Gasteiger partial charge is 0.320 e. The summed E-state index contributed by atoms with van der Waals surface area (Å²) in [6.07, 6.45) is 5.44. The van der Waals surface area contributed by atoms with Crippen LogP contribution < -0.4 is 5.73 Å². The fourth-order valence-electron chi connectivity index (χ4n) is 1.64. The molecule has 0 bridgehead atoms. The van der Waals surface area contributed by atoms with Crippen molar-refractivity contribution in [2.24, 2.45) is 5.73 Å². The van der Waals surface area contributed by atoms with Crippen LogP contribution in [0, 0.1) is 0 Å². The van der Waals surface area contributed by atoms with Crippen molar-refractivity contribution in [2.75, 3.05) is 7.05 Å². The van der Waals surface area contributed by atoms with E-state index in [0.717, 1.165) is 11.1 Å². The molecule has 1 heterocycles. The van der Waals surface area contributed by atoms with Crippen molar-refractivity contribution in [1.29, 1.82) is 0 Å². The summed E-state index contributed by atoms with van der Waals surface area (Å²) in [5, 5.41) is 0. The van der Waals surface area contributed by atoms with Crippen LogP contribution in [-0.4, -0.2) is 23.9 Å². The van der Waals surface area contributed by atoms with E-state index in [0.29, 0.717) is 0 Å². The molecule has 0 fully saturated rings. The van der Waals surface area contributed by atoms with Crippen LogP contribution in [0.15, 0.2) is 48.7 Å². The summed E-state index contributed by atoms with van der Waals surface area (Å²) in [7, 11) is 1.71. The molecule has 82 valence electrons. The number of hydrogen-bond acceptors (Lipinski definition) is 2. The second-order valence-corrected chi connectivity index (χ2v) is 3.78. The molecular formula is C13H14N2O. The Bertz CT molecular complexity index is 448. The average Bonchev–Trinajstić information content (AvgIpc) is 2.44. The van der Waals surface area contributed by atoms with Crippen LogP contribution >= 0.6 is 0 Å². The minimum absolute atomic E-state index is 0.0952. The molecule has 1 atom stereocenters. The Morgan fingerprint density at radius 2 is 1.94 bits per heavy atom. The summed E-state index contributed by atoms with van der Waals surface area (Å²) in [6, 6.07) is 9.31. The normalized spacial score (nSPS) is 20.6. The summed E-state index contributed by atoms with van der Waals surface area (Å²) in [5.74, 6) is -0.0952. The number of allylic oxidation sites excluding steroid dienone is 2. The Balaban J connectivity index is 2.39. The molecule has 3 heteroatoms. The number of nitrogens with two attached hydrogens (primary N) is 1. The third kappa shape index (κ3) is 2.04. The van der Waals surface area contributed by atoms with Gasteiger partial charge in [-0.1, -0.05) is 36.4 Å². The van der Waals surface area contributed by atoms with Gasteiger partial charge in [0.05, 0.1) is 0 Å². The molecule has 1 aromatic carbocycles. The quantitative estimate of drug-likeness (QED) is 0.767. The zero-order valence-electron chi connectivity index (χ0n) is 9.13. The van der Waals surface area contributed by atoms with Gasteiger partial charge in [0.2, 0.25) is 5.91 Å². The van der Waals surface area contributed by atoms with Gasteiger partial charge in [0.1, 0.15) is 6.04 Å². The van der Waals surface area contributed by atoms with E-state index in [-0.39, 0.29) is 5.91 Å². The first-order valence-electron chi connectivity index (χ1n) is 5.16. The molecule has 0 aliphatic carbocycles. The van der Waals surface area contributed by atoms with E-state index in [9.17, 15) is 4.79 Å². The minimum atomic E-state index is -0.574. The summed E-state index contributed by atoms with van der Waals surface area (Å²) in [5.41, 5.74) is 7.83. The van der Waals surface area contributed by atoms with E-state index in [1.165, 1.54) is 4.90 Å². The Morgan fingerprint density at radius 3 is 2.62 bits per heavy atom. The molecule has 3 nitrogen and oxygen atoms in total. The average molecular weight is 214 g/mol. The molecule has 0 aromatic heterocycles. The predicted molar refractivity (Wildman–Crippen MR) is 64.3 cm³/mol. The highest BCUT2D eigenvalue weighted by atomic mass is 16.2. The lowest BCUT2D eigenvalue weighted by Gasteiger charge is -2.12. The van der Waals surface area contributed by atoms with Crippen molar-refractivity contribution in [1.82, 2.24) is 4.90 Å². The van der Waals surface area contributed by atoms with Crippen molar-refractivity contribution < 1.29 is 4.79 Å². The third-order valence-electron chi connectivity index (χ3n) is 2.58. The summed E-state index contributed by atoms with van der Waals surface area (Å²) in [6.45, 7) is 0. The number of carbonyl (C=O) groups excluding carboxylic acids is 1. The lowest BCUT2D eigenvalue weighted by Crippen LogP contribution is -2.37. The van der Waals surface area contributed by atoms with Gasteiger partial charge < -0.3 is 10.6 Å². The number of likely N-dealkylation sites (N-methyl/N-ethyl adjacent to an activating group) is 1. The topological polar surface area (TPSA) is 46.3 Å². The van der Waals surface area contributed by atoms with Crippen LogP contribution in [0.3, 0.4) is 0 Å². The molecule has 0 spiro atoms. The molecule has 0 unspecified atom stereocenters. The van der Waals surface area contributed by atoms with E-state index < -0.39 is 6.04 Å². The van der Waals surface area contributed by atoms with Crippen LogP contribution in [-0.2, 0) is 4.79 Å². The molecule has 0 saturated heterocycles. The van der Waals surface area contributed by atoms with E-state index in [2.05, 4.69) is 0 Å². The zero-order chi connectivity index (χ0) is 11.5. The minimum Gasteiger partial charge on any atom is -0.320 e. The molecule has 1 aliphatic rings.